The van der Waals surface area contributed by atoms with Crippen molar-refractivity contribution < 1.29 is 62.3 Å². The SMILES string of the molecule is CCC(=O)C1CSSCC(C(=O)NC)CC(=O)C(CSC(C)=O)NC(=O)C(CC(=O)C(CSC(C)=O)NC(=O)C(C)CC)CCCCCC(=O)CCC(NC)C(=O)CC(C)C(=O)NC(C)C(=O)CC(C)C(=O)N1. The Morgan fingerprint density at radius 2 is 1.33 bits per heavy atom. The highest BCUT2D eigenvalue weighted by molar-refractivity contribution is 8.76. The summed E-state index contributed by atoms with van der Waals surface area (Å²) in [6, 6.07) is -5.04. The van der Waals surface area contributed by atoms with Gasteiger partial charge in [0.25, 0.3) is 0 Å². The van der Waals surface area contributed by atoms with Crippen LogP contribution in [-0.2, 0) is 62.3 Å². The lowest BCUT2D eigenvalue weighted by molar-refractivity contribution is -0.134. The van der Waals surface area contributed by atoms with Crippen molar-refractivity contribution in [3.05, 3.63) is 0 Å². The first-order chi connectivity index (χ1) is 34.4. The van der Waals surface area contributed by atoms with Crippen LogP contribution >= 0.6 is 45.1 Å². The number of amides is 5. The number of ketones is 6. The number of hydrogen-bond donors (Lipinski definition) is 6. The van der Waals surface area contributed by atoms with Crippen LogP contribution in [-0.4, -0.2) is 142 Å². The summed E-state index contributed by atoms with van der Waals surface area (Å²) in [6.45, 7) is 12.3. The van der Waals surface area contributed by atoms with Gasteiger partial charge in [0.15, 0.2) is 39.1 Å². The van der Waals surface area contributed by atoms with Crippen LogP contribution in [0.1, 0.15) is 139 Å². The predicted molar refractivity (Wildman–Crippen MR) is 287 cm³/mol. The molecule has 1 rings (SSSR count). The molecule has 73 heavy (non-hydrogen) atoms. The summed E-state index contributed by atoms with van der Waals surface area (Å²) < 4.78 is 0. The topological polar surface area (TPSA) is 294 Å². The Labute approximate surface area is 447 Å². The van der Waals surface area contributed by atoms with Gasteiger partial charge in [-0.1, -0.05) is 92.6 Å². The summed E-state index contributed by atoms with van der Waals surface area (Å²) >= 11 is 1.65. The van der Waals surface area contributed by atoms with Crippen molar-refractivity contribution in [3.63, 3.8) is 0 Å². The van der Waals surface area contributed by atoms with Crippen LogP contribution in [0.4, 0.5) is 0 Å². The third-order valence-electron chi connectivity index (χ3n) is 12.6. The normalized spacial score (nSPS) is 25.8. The van der Waals surface area contributed by atoms with Gasteiger partial charge in [-0.3, -0.25) is 62.3 Å². The summed E-state index contributed by atoms with van der Waals surface area (Å²) in [6.07, 6.45) is 1.21. The lowest BCUT2D eigenvalue weighted by atomic mass is 9.91. The molecule has 5 amide bonds. The van der Waals surface area contributed by atoms with Crippen molar-refractivity contribution in [1.29, 1.82) is 0 Å². The van der Waals surface area contributed by atoms with Crippen molar-refractivity contribution >= 4 is 120 Å². The van der Waals surface area contributed by atoms with Crippen molar-refractivity contribution in [1.82, 2.24) is 31.9 Å². The second-order valence-corrected chi connectivity index (χ2v) is 23.7. The molecule has 0 saturated carbocycles. The molecule has 1 aliphatic heterocycles. The number of carbonyl (C=O) groups is 13. The maximum Gasteiger partial charge on any atom is 0.224 e. The van der Waals surface area contributed by atoms with E-state index in [1.54, 1.807) is 27.8 Å². The number of thioether (sulfide) groups is 2. The summed E-state index contributed by atoms with van der Waals surface area (Å²) in [5.41, 5.74) is 0. The molecule has 0 bridgehead atoms. The van der Waals surface area contributed by atoms with Gasteiger partial charge in [0, 0.05) is 113 Å². The first kappa shape index (κ1) is 67.1. The van der Waals surface area contributed by atoms with Crippen molar-refractivity contribution in [2.24, 2.45) is 29.6 Å². The first-order valence-corrected chi connectivity index (χ1v) is 29.6. The second kappa shape index (κ2) is 36.1. The number of likely N-dealkylation sites (N-methyl/N-ethyl adjacent to an activating group) is 1. The molecule has 6 N–H and O–H groups in total. The Bertz CT molecular complexity index is 1960. The first-order valence-electron chi connectivity index (χ1n) is 25.2. The van der Waals surface area contributed by atoms with E-state index in [0.717, 1.165) is 23.5 Å². The van der Waals surface area contributed by atoms with Crippen LogP contribution < -0.4 is 31.9 Å². The van der Waals surface area contributed by atoms with E-state index >= 15 is 0 Å². The van der Waals surface area contributed by atoms with Gasteiger partial charge in [-0.25, -0.2) is 0 Å². The lowest BCUT2D eigenvalue weighted by Crippen LogP contribution is -2.49. The standard InChI is InChI=1S/C50H80N6O13S4/c1-11-28(3)46(65)54-38(25-70-32(7)57)44(63)22-34-16-14-13-15-17-36(59)18-19-37(51-9)43(62)21-30(5)47(66)53-31(6)42(61)20-29(4)48(67)55-40(41(60)12-2)27-73-72-24-35(49(68)52-10)23-45(64)39(56-50(34)69)26-71-33(8)58/h28-31,34-35,37-40,51H,11-27H2,1-10H3,(H,52,68)(H,53,66)(H,54,65)(H,55,67)(H,56,69). The molecule has 10 unspecified atom stereocenters. The number of nitrogens with one attached hydrogen (secondary N) is 6. The maximum atomic E-state index is 14.3. The third kappa shape index (κ3) is 26.4. The Balaban J connectivity index is 3.63. The number of Topliss-reactive ketones (excluding diaryl/α,β-unsaturated/α-hetero) is 6. The van der Waals surface area contributed by atoms with E-state index in [9.17, 15) is 62.3 Å². The van der Waals surface area contributed by atoms with Gasteiger partial charge in [0.1, 0.15) is 5.78 Å². The molecule has 1 heterocycles. The van der Waals surface area contributed by atoms with Crippen LogP contribution in [0.5, 0.6) is 0 Å². The van der Waals surface area contributed by atoms with Gasteiger partial charge in [-0.15, -0.1) is 0 Å². The number of rotatable bonds is 14. The Kier molecular flexibility index (Phi) is 33.2. The zero-order chi connectivity index (χ0) is 55.4. The fourth-order valence-corrected chi connectivity index (χ4v) is 11.4. The number of carbonyl (C=O) groups excluding carboxylic acids is 13. The molecule has 0 aromatic heterocycles. The summed E-state index contributed by atoms with van der Waals surface area (Å²) in [7, 11) is 5.34. The van der Waals surface area contributed by atoms with E-state index in [-0.39, 0.29) is 108 Å². The van der Waals surface area contributed by atoms with Gasteiger partial charge in [-0.05, 0) is 39.7 Å². The highest BCUT2D eigenvalue weighted by Crippen LogP contribution is 2.28. The van der Waals surface area contributed by atoms with E-state index in [2.05, 4.69) is 31.9 Å². The summed E-state index contributed by atoms with van der Waals surface area (Å²) in [5.74, 6) is -9.07. The minimum absolute atomic E-state index is 0.0655. The van der Waals surface area contributed by atoms with Crippen LogP contribution in [0.15, 0.2) is 0 Å². The van der Waals surface area contributed by atoms with Gasteiger partial charge in [0.05, 0.1) is 36.1 Å². The van der Waals surface area contributed by atoms with Crippen molar-refractivity contribution in [2.75, 3.05) is 37.1 Å². The van der Waals surface area contributed by atoms with Gasteiger partial charge >= 0.3 is 0 Å². The Morgan fingerprint density at radius 1 is 0.712 bits per heavy atom. The highest BCUT2D eigenvalue weighted by Gasteiger charge is 2.34. The molecule has 1 fully saturated rings. The smallest absolute Gasteiger partial charge is 0.224 e. The largest absolute Gasteiger partial charge is 0.359 e. The molecule has 1 saturated heterocycles. The third-order valence-corrected chi connectivity index (χ3v) is 16.9. The van der Waals surface area contributed by atoms with E-state index in [1.165, 1.54) is 56.3 Å². The van der Waals surface area contributed by atoms with Crippen LogP contribution in [0.2, 0.25) is 0 Å². The van der Waals surface area contributed by atoms with Crippen molar-refractivity contribution in [2.45, 2.75) is 169 Å². The quantitative estimate of drug-likeness (QED) is 0.134. The molecule has 1 aliphatic rings. The van der Waals surface area contributed by atoms with Crippen molar-refractivity contribution in [3.8, 4) is 0 Å². The molecular formula is C50H80N6O13S4. The Morgan fingerprint density at radius 3 is 1.92 bits per heavy atom. The zero-order valence-electron chi connectivity index (χ0n) is 44.2. The monoisotopic (exact) mass is 1100 g/mol. The van der Waals surface area contributed by atoms with E-state index in [0.29, 0.717) is 25.7 Å². The van der Waals surface area contributed by atoms with E-state index in [1.807, 2.05) is 6.92 Å². The molecule has 0 aromatic rings. The predicted octanol–water partition coefficient (Wildman–Crippen LogP) is 3.90. The van der Waals surface area contributed by atoms with E-state index < -0.39 is 107 Å². The van der Waals surface area contributed by atoms with Gasteiger partial charge < -0.3 is 31.9 Å². The number of hydrogen-bond acceptors (Lipinski definition) is 18. The molecule has 0 aliphatic carbocycles. The molecule has 412 valence electrons. The molecule has 19 nitrogen and oxygen atoms in total. The molecule has 23 heteroatoms. The fourth-order valence-electron chi connectivity index (χ4n) is 7.50. The zero-order valence-corrected chi connectivity index (χ0v) is 47.5. The molecule has 0 spiro atoms. The summed E-state index contributed by atoms with van der Waals surface area (Å²) in [4.78, 5) is 172. The Hall–Kier alpha value is -3.93. The summed E-state index contributed by atoms with van der Waals surface area (Å²) in [5, 5.41) is 15.7. The molecule has 10 atom stereocenters. The minimum Gasteiger partial charge on any atom is -0.359 e. The average Bonchev–Trinajstić information content (AvgIpc) is 3.34. The average molecular weight is 1100 g/mol. The van der Waals surface area contributed by atoms with Crippen LogP contribution in [0, 0.1) is 29.6 Å². The molecule has 0 radical (unpaired) electrons. The second-order valence-electron chi connectivity index (χ2n) is 18.7. The fraction of sp³-hybridized carbons (Fsp3) is 0.740. The van der Waals surface area contributed by atoms with E-state index in [4.69, 9.17) is 0 Å². The molecular weight excluding hydrogens is 1020 g/mol. The lowest BCUT2D eigenvalue weighted by Gasteiger charge is -2.25. The van der Waals surface area contributed by atoms with Gasteiger partial charge in [0.2, 0.25) is 29.5 Å². The van der Waals surface area contributed by atoms with Crippen LogP contribution in [0.3, 0.4) is 0 Å². The minimum atomic E-state index is -1.27. The van der Waals surface area contributed by atoms with Gasteiger partial charge in [-0.2, -0.15) is 0 Å². The van der Waals surface area contributed by atoms with Crippen LogP contribution in [0.25, 0.3) is 0 Å². The maximum absolute atomic E-state index is 14.3. The highest BCUT2D eigenvalue weighted by atomic mass is 33.1. The molecule has 0 aromatic carbocycles.